The Morgan fingerprint density at radius 3 is 1.92 bits per heavy atom. The average molecular weight is 415 g/mol. The highest BCUT2D eigenvalue weighted by Gasteiger charge is 2.37. The largest absolute Gasteiger partial charge is 0.416 e. The molecule has 0 unspecified atom stereocenters. The minimum atomic E-state index is -5.03. The number of hydrogen-bond acceptors (Lipinski definition) is 5. The molecule has 0 saturated heterocycles. The molecule has 0 aliphatic carbocycles. The number of halogens is 6. The molecule has 0 aliphatic rings. The van der Waals surface area contributed by atoms with Gasteiger partial charge in [0.15, 0.2) is 5.78 Å². The van der Waals surface area contributed by atoms with E-state index >= 15 is 0 Å². The summed E-state index contributed by atoms with van der Waals surface area (Å²) in [5.41, 5.74) is -3.61. The van der Waals surface area contributed by atoms with Crippen LogP contribution in [0.3, 0.4) is 0 Å². The fourth-order valence-corrected chi connectivity index (χ4v) is 4.13. The molecule has 0 radical (unpaired) electrons. The third kappa shape index (κ3) is 4.55. The molecular weight excluding hydrogens is 408 g/mol. The molecule has 2 aromatic rings. The first-order valence-corrected chi connectivity index (χ1v) is 8.19. The second-order valence-electron chi connectivity index (χ2n) is 4.94. The van der Waals surface area contributed by atoms with Gasteiger partial charge in [-0.25, -0.2) is 0 Å². The molecule has 0 amide bonds. The third-order valence-corrected chi connectivity index (χ3v) is 5.38. The first kappa shape index (κ1) is 20.2. The zero-order valence-electron chi connectivity index (χ0n) is 12.6. The van der Waals surface area contributed by atoms with Crippen LogP contribution in [0.1, 0.15) is 27.7 Å². The molecule has 0 atom stereocenters. The lowest BCUT2D eigenvalue weighted by Crippen LogP contribution is -2.10. The third-order valence-electron chi connectivity index (χ3n) is 3.00. The van der Waals surface area contributed by atoms with E-state index in [1.165, 1.54) is 0 Å². The van der Waals surface area contributed by atoms with Crippen LogP contribution in [0.15, 0.2) is 33.4 Å². The standard InChI is InChI=1S/C14H7F6NO3S2/c1-6(22)11-5-10(21(23)24)12(26-11)25-9-3-7(13(15,16)17)2-8(4-9)14(18,19)20/h2-5H,1H3. The van der Waals surface area contributed by atoms with E-state index < -0.39 is 44.8 Å². The van der Waals surface area contributed by atoms with Gasteiger partial charge in [0.05, 0.1) is 20.9 Å². The number of alkyl halides is 6. The Hall–Kier alpha value is -2.08. The van der Waals surface area contributed by atoms with Crippen LogP contribution in [0.4, 0.5) is 32.0 Å². The average Bonchev–Trinajstić information content (AvgIpc) is 2.89. The highest BCUT2D eigenvalue weighted by molar-refractivity contribution is 8.01. The predicted octanol–water partition coefficient (Wildman–Crippen LogP) is 6.05. The van der Waals surface area contributed by atoms with E-state index in [0.29, 0.717) is 35.2 Å². The molecule has 12 heteroatoms. The maximum atomic E-state index is 12.9. The quantitative estimate of drug-likeness (QED) is 0.264. The molecule has 0 bridgehead atoms. The zero-order valence-corrected chi connectivity index (χ0v) is 14.2. The van der Waals surface area contributed by atoms with E-state index in [0.717, 1.165) is 13.0 Å². The van der Waals surface area contributed by atoms with Crippen molar-refractivity contribution in [1.82, 2.24) is 0 Å². The lowest BCUT2D eigenvalue weighted by Gasteiger charge is -2.13. The highest BCUT2D eigenvalue weighted by Crippen LogP contribution is 2.44. The Bertz CT molecular complexity index is 840. The Morgan fingerprint density at radius 1 is 1.04 bits per heavy atom. The number of hydrogen-bond donors (Lipinski definition) is 0. The number of thiophene rings is 1. The maximum Gasteiger partial charge on any atom is 0.416 e. The van der Waals surface area contributed by atoms with Gasteiger partial charge in [0, 0.05) is 11.0 Å². The highest BCUT2D eigenvalue weighted by atomic mass is 32.2. The minimum Gasteiger partial charge on any atom is -0.294 e. The monoisotopic (exact) mass is 415 g/mol. The fraction of sp³-hybridized carbons (Fsp3) is 0.214. The van der Waals surface area contributed by atoms with Gasteiger partial charge >= 0.3 is 12.4 Å². The topological polar surface area (TPSA) is 60.2 Å². The molecule has 140 valence electrons. The van der Waals surface area contributed by atoms with E-state index in [2.05, 4.69) is 0 Å². The van der Waals surface area contributed by atoms with Gasteiger partial charge in [-0.15, -0.1) is 11.3 Å². The van der Waals surface area contributed by atoms with Gasteiger partial charge in [-0.3, -0.25) is 14.9 Å². The first-order chi connectivity index (χ1) is 11.8. The molecule has 0 fully saturated rings. The molecule has 2 rings (SSSR count). The van der Waals surface area contributed by atoms with Crippen LogP contribution in [-0.4, -0.2) is 10.7 Å². The van der Waals surface area contributed by atoms with Gasteiger partial charge < -0.3 is 0 Å². The van der Waals surface area contributed by atoms with Crippen LogP contribution in [0.25, 0.3) is 0 Å². The van der Waals surface area contributed by atoms with Gasteiger partial charge in [0.25, 0.3) is 5.69 Å². The van der Waals surface area contributed by atoms with E-state index in [1.54, 1.807) is 0 Å². The van der Waals surface area contributed by atoms with Crippen molar-refractivity contribution in [2.24, 2.45) is 0 Å². The summed E-state index contributed by atoms with van der Waals surface area (Å²) >= 11 is 0.993. The molecule has 1 aromatic carbocycles. The maximum absolute atomic E-state index is 12.9. The number of rotatable bonds is 4. The Kier molecular flexibility index (Phi) is 5.38. The van der Waals surface area contributed by atoms with Gasteiger partial charge in [0.2, 0.25) is 0 Å². The van der Waals surface area contributed by atoms with Crippen molar-refractivity contribution in [2.75, 3.05) is 0 Å². The Labute approximate surface area is 150 Å². The van der Waals surface area contributed by atoms with Crippen molar-refractivity contribution in [3.8, 4) is 0 Å². The normalized spacial score (nSPS) is 12.3. The Balaban J connectivity index is 2.56. The second-order valence-corrected chi connectivity index (χ2v) is 7.33. The van der Waals surface area contributed by atoms with Crippen molar-refractivity contribution < 1.29 is 36.1 Å². The number of benzene rings is 1. The molecule has 1 aromatic heterocycles. The van der Waals surface area contributed by atoms with Crippen LogP contribution in [0.5, 0.6) is 0 Å². The summed E-state index contributed by atoms with van der Waals surface area (Å²) in [6.45, 7) is 1.13. The lowest BCUT2D eigenvalue weighted by molar-refractivity contribution is -0.387. The van der Waals surface area contributed by atoms with Gasteiger partial charge in [-0.2, -0.15) is 26.3 Å². The second kappa shape index (κ2) is 6.91. The predicted molar refractivity (Wildman–Crippen MR) is 81.5 cm³/mol. The summed E-state index contributed by atoms with van der Waals surface area (Å²) in [5.74, 6) is -0.509. The van der Waals surface area contributed by atoms with Crippen LogP contribution < -0.4 is 0 Å². The molecule has 0 aliphatic heterocycles. The molecule has 1 heterocycles. The summed E-state index contributed by atoms with van der Waals surface area (Å²) in [5, 5.41) is 11.0. The molecule has 26 heavy (non-hydrogen) atoms. The summed E-state index contributed by atoms with van der Waals surface area (Å²) in [6, 6.07) is 1.84. The van der Waals surface area contributed by atoms with E-state index in [4.69, 9.17) is 0 Å². The summed E-state index contributed by atoms with van der Waals surface area (Å²) in [7, 11) is 0. The van der Waals surface area contributed by atoms with Gasteiger partial charge in [-0.05, 0) is 25.1 Å². The molecular formula is C14H7F6NO3S2. The smallest absolute Gasteiger partial charge is 0.294 e. The number of carbonyl (C=O) groups is 1. The van der Waals surface area contributed by atoms with Crippen LogP contribution >= 0.6 is 23.1 Å². The van der Waals surface area contributed by atoms with Gasteiger partial charge in [-0.1, -0.05) is 11.8 Å². The van der Waals surface area contributed by atoms with Crippen molar-refractivity contribution in [2.45, 2.75) is 28.4 Å². The van der Waals surface area contributed by atoms with Crippen LogP contribution in [0.2, 0.25) is 0 Å². The number of nitro groups is 1. The van der Waals surface area contributed by atoms with Crippen LogP contribution in [0, 0.1) is 10.1 Å². The van der Waals surface area contributed by atoms with Crippen molar-refractivity contribution in [3.63, 3.8) is 0 Å². The van der Waals surface area contributed by atoms with Crippen molar-refractivity contribution >= 4 is 34.6 Å². The lowest BCUT2D eigenvalue weighted by atomic mass is 10.1. The molecule has 4 nitrogen and oxygen atoms in total. The fourth-order valence-electron chi connectivity index (χ4n) is 1.83. The minimum absolute atomic E-state index is 0.0257. The number of carbonyl (C=O) groups excluding carboxylic acids is 1. The summed E-state index contributed by atoms with van der Waals surface area (Å²) < 4.78 is 77.0. The molecule has 0 N–H and O–H groups in total. The molecule has 0 saturated carbocycles. The van der Waals surface area contributed by atoms with E-state index in [-0.39, 0.29) is 15.2 Å². The van der Waals surface area contributed by atoms with Crippen molar-refractivity contribution in [3.05, 3.63) is 50.4 Å². The Morgan fingerprint density at radius 2 is 1.54 bits per heavy atom. The first-order valence-electron chi connectivity index (χ1n) is 6.55. The van der Waals surface area contributed by atoms with E-state index in [9.17, 15) is 41.3 Å². The summed E-state index contributed by atoms with van der Waals surface area (Å²) in [6.07, 6.45) is -10.1. The zero-order chi connectivity index (χ0) is 19.9. The number of Topliss-reactive ketones (excluding diaryl/α,β-unsaturated/α-hetero) is 1. The number of nitrogens with zero attached hydrogens (tertiary/aromatic N) is 1. The van der Waals surface area contributed by atoms with Gasteiger partial charge in [0.1, 0.15) is 4.21 Å². The summed E-state index contributed by atoms with van der Waals surface area (Å²) in [4.78, 5) is 21.0. The molecule has 0 spiro atoms. The number of ketones is 1. The van der Waals surface area contributed by atoms with Crippen molar-refractivity contribution in [1.29, 1.82) is 0 Å². The SMILES string of the molecule is CC(=O)c1cc([N+](=O)[O-])c(Sc2cc(C(F)(F)F)cc(C(F)(F)F)c2)s1. The van der Waals surface area contributed by atoms with Crippen LogP contribution in [-0.2, 0) is 12.4 Å². The van der Waals surface area contributed by atoms with E-state index in [1.807, 2.05) is 0 Å².